The molecule has 2 N–H and O–H groups in total. The van der Waals surface area contributed by atoms with E-state index in [2.05, 4.69) is 0 Å². The summed E-state index contributed by atoms with van der Waals surface area (Å²) in [5.74, 6) is -0.324. The largest absolute Gasteiger partial charge is 0.378 e. The van der Waals surface area contributed by atoms with Gasteiger partial charge in [0.25, 0.3) is 5.91 Å². The second-order valence-corrected chi connectivity index (χ2v) is 8.11. The minimum atomic E-state index is -0.262. The number of piperazine rings is 1. The lowest BCUT2D eigenvalue weighted by Gasteiger charge is -2.35. The van der Waals surface area contributed by atoms with Gasteiger partial charge in [0.05, 0.1) is 13.2 Å². The summed E-state index contributed by atoms with van der Waals surface area (Å²) < 4.78 is 32.3. The molecule has 4 rings (SSSR count). The van der Waals surface area contributed by atoms with E-state index in [0.717, 1.165) is 37.3 Å². The average molecular weight is 418 g/mol. The van der Waals surface area contributed by atoms with Gasteiger partial charge in [-0.15, -0.1) is 0 Å². The summed E-state index contributed by atoms with van der Waals surface area (Å²) in [5.41, 5.74) is 2.04. The lowest BCUT2D eigenvalue weighted by Crippen LogP contribution is -3.28. The van der Waals surface area contributed by atoms with Crippen LogP contribution in [-0.2, 0) is 9.53 Å². The highest BCUT2D eigenvalue weighted by Crippen LogP contribution is 2.20. The molecule has 1 amide bonds. The van der Waals surface area contributed by atoms with Crippen LogP contribution < -0.4 is 9.80 Å². The highest BCUT2D eigenvalue weighted by Gasteiger charge is 2.33. The van der Waals surface area contributed by atoms with Crippen molar-refractivity contribution < 1.29 is 28.1 Å². The van der Waals surface area contributed by atoms with E-state index < -0.39 is 0 Å². The van der Waals surface area contributed by atoms with Crippen molar-refractivity contribution in [2.24, 2.45) is 0 Å². The number of quaternary nitrogens is 2. The Kier molecular flexibility index (Phi) is 6.72. The predicted octanol–water partition coefficient (Wildman–Crippen LogP) is -0.304. The molecule has 0 aliphatic carbocycles. The number of nitrogens with one attached hydrogen (secondary N) is 2. The van der Waals surface area contributed by atoms with Gasteiger partial charge in [-0.05, 0) is 48.5 Å². The van der Waals surface area contributed by atoms with Crippen LogP contribution in [0.1, 0.15) is 17.2 Å². The van der Waals surface area contributed by atoms with Crippen molar-refractivity contribution in [1.82, 2.24) is 4.90 Å². The SMILES string of the molecule is O=C(C[NH+]1CC[NH+](C(c2ccc(F)cc2)c2ccc(F)cc2)CC1)N1CCOCC1. The van der Waals surface area contributed by atoms with E-state index in [1.807, 2.05) is 29.2 Å². The van der Waals surface area contributed by atoms with E-state index in [4.69, 9.17) is 4.74 Å². The number of ether oxygens (including phenoxy) is 1. The number of amides is 1. The molecule has 0 aromatic heterocycles. The number of rotatable bonds is 5. The van der Waals surface area contributed by atoms with Gasteiger partial charge < -0.3 is 19.4 Å². The number of morpholine rings is 1. The van der Waals surface area contributed by atoms with E-state index in [-0.39, 0.29) is 23.6 Å². The van der Waals surface area contributed by atoms with Crippen molar-refractivity contribution in [3.63, 3.8) is 0 Å². The predicted molar refractivity (Wildman–Crippen MR) is 108 cm³/mol. The van der Waals surface area contributed by atoms with E-state index in [0.29, 0.717) is 32.8 Å². The van der Waals surface area contributed by atoms with E-state index in [1.165, 1.54) is 34.1 Å². The van der Waals surface area contributed by atoms with Crippen molar-refractivity contribution in [2.75, 3.05) is 59.0 Å². The Bertz CT molecular complexity index is 785. The summed E-state index contributed by atoms with van der Waals surface area (Å²) in [4.78, 5) is 17.1. The number of hydrogen-bond acceptors (Lipinski definition) is 2. The van der Waals surface area contributed by atoms with E-state index >= 15 is 0 Å². The topological polar surface area (TPSA) is 38.4 Å². The van der Waals surface area contributed by atoms with Crippen LogP contribution in [0.3, 0.4) is 0 Å². The van der Waals surface area contributed by atoms with Crippen LogP contribution in [0.15, 0.2) is 48.5 Å². The molecule has 0 unspecified atom stereocenters. The molecule has 2 aromatic rings. The average Bonchev–Trinajstić information content (AvgIpc) is 2.78. The van der Waals surface area contributed by atoms with Crippen LogP contribution in [0.2, 0.25) is 0 Å². The first-order chi connectivity index (χ1) is 14.6. The van der Waals surface area contributed by atoms with Crippen molar-refractivity contribution in [3.05, 3.63) is 71.3 Å². The third kappa shape index (κ3) is 5.03. The number of benzene rings is 2. The summed E-state index contributed by atoms with van der Waals surface area (Å²) in [5, 5.41) is 0. The second-order valence-electron chi connectivity index (χ2n) is 8.11. The maximum Gasteiger partial charge on any atom is 0.277 e. The molecule has 0 saturated carbocycles. The van der Waals surface area contributed by atoms with Gasteiger partial charge >= 0.3 is 0 Å². The van der Waals surface area contributed by atoms with Crippen LogP contribution in [0.4, 0.5) is 8.78 Å². The van der Waals surface area contributed by atoms with Crippen molar-refractivity contribution in [3.8, 4) is 0 Å². The fourth-order valence-corrected chi connectivity index (χ4v) is 4.50. The zero-order valence-corrected chi connectivity index (χ0v) is 17.1. The number of carbonyl (C=O) groups excluding carboxylic acids is 1. The molecule has 160 valence electrons. The van der Waals surface area contributed by atoms with Crippen LogP contribution in [0.5, 0.6) is 0 Å². The van der Waals surface area contributed by atoms with Crippen LogP contribution in [0.25, 0.3) is 0 Å². The maximum atomic E-state index is 13.5. The van der Waals surface area contributed by atoms with Gasteiger partial charge in [0, 0.05) is 24.2 Å². The summed E-state index contributed by atoms with van der Waals surface area (Å²) in [6.07, 6.45) is 0. The monoisotopic (exact) mass is 417 g/mol. The highest BCUT2D eigenvalue weighted by atomic mass is 19.1. The molecule has 7 heteroatoms. The van der Waals surface area contributed by atoms with Crippen molar-refractivity contribution >= 4 is 5.91 Å². The van der Waals surface area contributed by atoms with Gasteiger partial charge in [-0.25, -0.2) is 8.78 Å². The second kappa shape index (κ2) is 9.64. The lowest BCUT2D eigenvalue weighted by molar-refractivity contribution is -1.02. The molecule has 5 nitrogen and oxygen atoms in total. The Hall–Kier alpha value is -2.35. The minimum absolute atomic E-state index is 0.0164. The van der Waals surface area contributed by atoms with Gasteiger partial charge in [0.2, 0.25) is 0 Å². The summed E-state index contributed by atoms with van der Waals surface area (Å²) in [7, 11) is 0. The van der Waals surface area contributed by atoms with Gasteiger partial charge in [0.15, 0.2) is 6.54 Å². The first kappa shape index (κ1) is 20.9. The third-order valence-electron chi connectivity index (χ3n) is 6.18. The zero-order chi connectivity index (χ0) is 20.9. The molecule has 2 fully saturated rings. The number of halogens is 2. The normalized spacial score (nSPS) is 22.3. The van der Waals surface area contributed by atoms with Crippen LogP contribution in [-0.4, -0.2) is 69.8 Å². The summed E-state index contributed by atoms with van der Waals surface area (Å²) >= 11 is 0. The first-order valence-electron chi connectivity index (χ1n) is 10.6. The van der Waals surface area contributed by atoms with Gasteiger partial charge in [-0.3, -0.25) is 4.79 Å². The molecule has 2 saturated heterocycles. The lowest BCUT2D eigenvalue weighted by atomic mass is 9.96. The molecule has 0 spiro atoms. The summed E-state index contributed by atoms with van der Waals surface area (Å²) in [6.45, 7) is 6.70. The van der Waals surface area contributed by atoms with E-state index in [9.17, 15) is 13.6 Å². The minimum Gasteiger partial charge on any atom is -0.378 e. The molecule has 2 aliphatic rings. The Labute approximate surface area is 175 Å². The van der Waals surface area contributed by atoms with E-state index in [1.54, 1.807) is 0 Å². The van der Waals surface area contributed by atoms with Gasteiger partial charge in [0.1, 0.15) is 43.9 Å². The summed E-state index contributed by atoms with van der Waals surface area (Å²) in [6, 6.07) is 13.2. The first-order valence-corrected chi connectivity index (χ1v) is 10.6. The Morgan fingerprint density at radius 3 is 1.87 bits per heavy atom. The number of hydrogen-bond donors (Lipinski definition) is 2. The van der Waals surface area contributed by atoms with Gasteiger partial charge in [-0.1, -0.05) is 0 Å². The maximum absolute atomic E-state index is 13.5. The molecule has 0 radical (unpaired) electrons. The molecule has 2 aromatic carbocycles. The molecular formula is C23H29F2N3O2+2. The Morgan fingerprint density at radius 2 is 1.37 bits per heavy atom. The van der Waals surface area contributed by atoms with Crippen molar-refractivity contribution in [1.29, 1.82) is 0 Å². The van der Waals surface area contributed by atoms with Crippen molar-refractivity contribution in [2.45, 2.75) is 6.04 Å². The van der Waals surface area contributed by atoms with Gasteiger partial charge in [-0.2, -0.15) is 0 Å². The van der Waals surface area contributed by atoms with Crippen LogP contribution >= 0.6 is 0 Å². The molecule has 30 heavy (non-hydrogen) atoms. The standard InChI is InChI=1S/C23H27F2N3O2/c24-20-5-1-18(2-6-20)23(19-3-7-21(25)8-4-19)28-11-9-26(10-12-28)17-22(29)27-13-15-30-16-14-27/h1-8,23H,9-17H2/p+2. The van der Waals surface area contributed by atoms with Crippen LogP contribution in [0, 0.1) is 11.6 Å². The number of carbonyl (C=O) groups is 1. The number of nitrogens with zero attached hydrogens (tertiary/aromatic N) is 1. The highest BCUT2D eigenvalue weighted by molar-refractivity contribution is 5.77. The smallest absolute Gasteiger partial charge is 0.277 e. The zero-order valence-electron chi connectivity index (χ0n) is 17.1. The fraction of sp³-hybridized carbons (Fsp3) is 0.435. The third-order valence-corrected chi connectivity index (χ3v) is 6.18. The Morgan fingerprint density at radius 1 is 0.867 bits per heavy atom. The molecular weight excluding hydrogens is 388 g/mol. The fourth-order valence-electron chi connectivity index (χ4n) is 4.50. The molecule has 2 heterocycles. The quantitative estimate of drug-likeness (QED) is 0.701. The Balaban J connectivity index is 1.43. The molecule has 2 aliphatic heterocycles. The molecule has 0 atom stereocenters. The molecule has 0 bridgehead atoms.